The summed E-state index contributed by atoms with van der Waals surface area (Å²) in [7, 11) is 2.17. The van der Waals surface area contributed by atoms with Crippen molar-refractivity contribution in [2.75, 3.05) is 20.1 Å². The normalized spacial score (nSPS) is 56.1. The molecule has 4 aliphatic rings. The van der Waals surface area contributed by atoms with Gasteiger partial charge in [-0.3, -0.25) is 0 Å². The van der Waals surface area contributed by atoms with Gasteiger partial charge in [0.2, 0.25) is 0 Å². The molecule has 0 aromatic carbocycles. The molecule has 0 radical (unpaired) electrons. The van der Waals surface area contributed by atoms with Crippen molar-refractivity contribution in [3.63, 3.8) is 0 Å². The Morgan fingerprint density at radius 3 is 2.36 bits per heavy atom. The van der Waals surface area contributed by atoms with Gasteiger partial charge in [0.1, 0.15) is 0 Å². The first-order valence-corrected chi connectivity index (χ1v) is 6.10. The molecule has 3 saturated carbocycles. The van der Waals surface area contributed by atoms with Crippen molar-refractivity contribution < 1.29 is 0 Å². The van der Waals surface area contributed by atoms with Crippen molar-refractivity contribution in [2.45, 2.75) is 38.1 Å². The predicted molar refractivity (Wildman–Crippen MR) is 58.2 cm³/mol. The Morgan fingerprint density at radius 2 is 1.71 bits per heavy atom. The van der Waals surface area contributed by atoms with E-state index in [0.29, 0.717) is 11.0 Å². The van der Waals surface area contributed by atoms with Gasteiger partial charge in [0.25, 0.3) is 0 Å². The summed E-state index contributed by atoms with van der Waals surface area (Å²) in [5, 5.41) is 7.26. The molecule has 1 aliphatic heterocycles. The Bertz CT molecular complexity index is 241. The van der Waals surface area contributed by atoms with Crippen LogP contribution in [0.15, 0.2) is 0 Å². The van der Waals surface area contributed by atoms with Crippen molar-refractivity contribution in [3.8, 4) is 0 Å². The summed E-state index contributed by atoms with van der Waals surface area (Å²) in [4.78, 5) is 0. The highest BCUT2D eigenvalue weighted by atomic mass is 15.0. The van der Waals surface area contributed by atoms with E-state index in [2.05, 4.69) is 24.6 Å². The summed E-state index contributed by atoms with van der Waals surface area (Å²) >= 11 is 0. The van der Waals surface area contributed by atoms with Gasteiger partial charge in [0.05, 0.1) is 0 Å². The molecule has 2 heteroatoms. The van der Waals surface area contributed by atoms with Crippen LogP contribution in [-0.2, 0) is 0 Å². The second-order valence-electron chi connectivity index (χ2n) is 5.93. The minimum Gasteiger partial charge on any atom is -0.316 e. The summed E-state index contributed by atoms with van der Waals surface area (Å²) in [6.45, 7) is 5.04. The smallest absolute Gasteiger partial charge is 0.0222 e. The lowest BCUT2D eigenvalue weighted by molar-refractivity contribution is -0.0526. The van der Waals surface area contributed by atoms with Crippen LogP contribution in [0.3, 0.4) is 0 Å². The monoisotopic (exact) mass is 194 g/mol. The number of nitrogens with one attached hydrogen (secondary N) is 2. The fourth-order valence-electron chi connectivity index (χ4n) is 4.44. The molecule has 0 amide bonds. The van der Waals surface area contributed by atoms with Gasteiger partial charge in [0, 0.05) is 12.1 Å². The first-order valence-electron chi connectivity index (χ1n) is 6.10. The summed E-state index contributed by atoms with van der Waals surface area (Å²) < 4.78 is 0. The third-order valence-electron chi connectivity index (χ3n) is 5.60. The Hall–Kier alpha value is -0.0800. The van der Waals surface area contributed by atoms with Crippen molar-refractivity contribution in [2.24, 2.45) is 17.3 Å². The SMILES string of the molecule is CNC12CCC(C)(CC1)C1CNCC12. The third kappa shape index (κ3) is 0.938. The molecule has 2 unspecified atom stereocenters. The number of hydrogen-bond acceptors (Lipinski definition) is 2. The standard InChI is InChI=1S/C12H22N2/c1-11-3-5-12(13-2,6-4-11)10-8-14-7-9(10)11/h9-10,13-14H,3-8H2,1-2H3. The van der Waals surface area contributed by atoms with E-state index < -0.39 is 0 Å². The van der Waals surface area contributed by atoms with Crippen LogP contribution < -0.4 is 10.6 Å². The van der Waals surface area contributed by atoms with E-state index in [4.69, 9.17) is 0 Å². The van der Waals surface area contributed by atoms with E-state index in [1.165, 1.54) is 38.8 Å². The molecular weight excluding hydrogens is 172 g/mol. The quantitative estimate of drug-likeness (QED) is 0.659. The van der Waals surface area contributed by atoms with Crippen molar-refractivity contribution in [1.82, 2.24) is 10.6 Å². The Kier molecular flexibility index (Phi) is 1.79. The molecule has 1 heterocycles. The molecule has 1 saturated heterocycles. The van der Waals surface area contributed by atoms with Crippen molar-refractivity contribution >= 4 is 0 Å². The maximum absolute atomic E-state index is 3.65. The van der Waals surface area contributed by atoms with E-state index in [9.17, 15) is 0 Å². The fourth-order valence-corrected chi connectivity index (χ4v) is 4.44. The lowest BCUT2D eigenvalue weighted by atomic mass is 9.49. The average Bonchev–Trinajstić information content (AvgIpc) is 2.70. The van der Waals surface area contributed by atoms with Crippen LogP contribution in [0.2, 0.25) is 0 Å². The van der Waals surface area contributed by atoms with Crippen LogP contribution in [0.5, 0.6) is 0 Å². The molecule has 2 bridgehead atoms. The van der Waals surface area contributed by atoms with Crippen LogP contribution >= 0.6 is 0 Å². The molecule has 2 nitrogen and oxygen atoms in total. The zero-order valence-corrected chi connectivity index (χ0v) is 9.40. The highest BCUT2D eigenvalue weighted by Gasteiger charge is 2.58. The van der Waals surface area contributed by atoms with Crippen LogP contribution in [0.4, 0.5) is 0 Å². The Morgan fingerprint density at radius 1 is 1.07 bits per heavy atom. The summed E-state index contributed by atoms with van der Waals surface area (Å²) in [5.41, 5.74) is 1.15. The summed E-state index contributed by atoms with van der Waals surface area (Å²) in [6.07, 6.45) is 5.69. The Labute approximate surface area is 86.8 Å². The van der Waals surface area contributed by atoms with Crippen LogP contribution in [-0.4, -0.2) is 25.7 Å². The average molecular weight is 194 g/mol. The molecular formula is C12H22N2. The second kappa shape index (κ2) is 2.73. The summed E-state index contributed by atoms with van der Waals surface area (Å²) in [6, 6.07) is 0. The molecule has 4 rings (SSSR count). The molecule has 4 fully saturated rings. The van der Waals surface area contributed by atoms with Gasteiger partial charge in [0.15, 0.2) is 0 Å². The minimum absolute atomic E-state index is 0.492. The molecule has 80 valence electrons. The van der Waals surface area contributed by atoms with Gasteiger partial charge in [-0.15, -0.1) is 0 Å². The maximum atomic E-state index is 3.65. The molecule has 3 aliphatic carbocycles. The highest BCUT2D eigenvalue weighted by molar-refractivity contribution is 5.13. The largest absolute Gasteiger partial charge is 0.316 e. The number of rotatable bonds is 1. The highest BCUT2D eigenvalue weighted by Crippen LogP contribution is 2.59. The van der Waals surface area contributed by atoms with Gasteiger partial charge >= 0.3 is 0 Å². The topological polar surface area (TPSA) is 24.1 Å². The lowest BCUT2D eigenvalue weighted by Crippen LogP contribution is -2.62. The molecule has 0 spiro atoms. The number of hydrogen-bond donors (Lipinski definition) is 2. The first kappa shape index (κ1) is 9.17. The molecule has 0 aromatic rings. The van der Waals surface area contributed by atoms with Crippen molar-refractivity contribution in [1.29, 1.82) is 0 Å². The number of fused-ring (bicyclic) bond motifs is 2. The van der Waals surface area contributed by atoms with E-state index in [0.717, 1.165) is 11.8 Å². The summed E-state index contributed by atoms with van der Waals surface area (Å²) in [5.74, 6) is 1.84. The minimum atomic E-state index is 0.492. The van der Waals surface area contributed by atoms with Crippen molar-refractivity contribution in [3.05, 3.63) is 0 Å². The third-order valence-corrected chi connectivity index (χ3v) is 5.60. The molecule has 2 atom stereocenters. The molecule has 0 aromatic heterocycles. The van der Waals surface area contributed by atoms with E-state index in [1.54, 1.807) is 0 Å². The molecule has 2 N–H and O–H groups in total. The van der Waals surface area contributed by atoms with Crippen LogP contribution in [0.25, 0.3) is 0 Å². The van der Waals surface area contributed by atoms with E-state index in [-0.39, 0.29) is 0 Å². The first-order chi connectivity index (χ1) is 6.70. The van der Waals surface area contributed by atoms with Gasteiger partial charge in [-0.05, 0) is 56.5 Å². The van der Waals surface area contributed by atoms with Crippen LogP contribution in [0, 0.1) is 17.3 Å². The van der Waals surface area contributed by atoms with Gasteiger partial charge in [-0.2, -0.15) is 0 Å². The Balaban J connectivity index is 1.98. The van der Waals surface area contributed by atoms with Gasteiger partial charge in [-0.25, -0.2) is 0 Å². The molecule has 14 heavy (non-hydrogen) atoms. The van der Waals surface area contributed by atoms with E-state index in [1.807, 2.05) is 0 Å². The van der Waals surface area contributed by atoms with Gasteiger partial charge in [-0.1, -0.05) is 6.92 Å². The van der Waals surface area contributed by atoms with E-state index >= 15 is 0 Å². The maximum Gasteiger partial charge on any atom is 0.0222 e. The zero-order chi connectivity index (χ0) is 9.81. The second-order valence-corrected chi connectivity index (χ2v) is 5.93. The lowest BCUT2D eigenvalue weighted by Gasteiger charge is -2.59. The zero-order valence-electron chi connectivity index (χ0n) is 9.40. The van der Waals surface area contributed by atoms with Gasteiger partial charge < -0.3 is 10.6 Å². The predicted octanol–water partition coefficient (Wildman–Crippen LogP) is 1.37. The van der Waals surface area contributed by atoms with Crippen LogP contribution in [0.1, 0.15) is 32.6 Å². The fraction of sp³-hybridized carbons (Fsp3) is 1.00.